The molecule has 9 nitrogen and oxygen atoms in total. The Morgan fingerprint density at radius 2 is 1.96 bits per heavy atom. The van der Waals surface area contributed by atoms with Crippen molar-refractivity contribution in [3.8, 4) is 17.0 Å². The van der Waals surface area contributed by atoms with Crippen molar-refractivity contribution in [1.29, 1.82) is 0 Å². The molecule has 2 aromatic heterocycles. The van der Waals surface area contributed by atoms with Gasteiger partial charge < -0.3 is 24.6 Å². The van der Waals surface area contributed by atoms with Gasteiger partial charge in [-0.2, -0.15) is 8.78 Å². The molecule has 5 heterocycles. The van der Waals surface area contributed by atoms with Crippen LogP contribution in [0.2, 0.25) is 0 Å². The van der Waals surface area contributed by atoms with Crippen LogP contribution >= 0.6 is 0 Å². The van der Waals surface area contributed by atoms with E-state index in [9.17, 15) is 27.8 Å². The minimum atomic E-state index is -4.22. The van der Waals surface area contributed by atoms with Crippen LogP contribution in [0.15, 0.2) is 48.2 Å². The van der Waals surface area contributed by atoms with Crippen molar-refractivity contribution in [1.82, 2.24) is 19.9 Å². The Kier molecular flexibility index (Phi) is 6.73. The predicted octanol–water partition coefficient (Wildman–Crippen LogP) is 5.14. The Morgan fingerprint density at radius 3 is 2.76 bits per heavy atom. The third-order valence-corrected chi connectivity index (χ3v) is 9.66. The lowest BCUT2D eigenvalue weighted by Crippen LogP contribution is -2.38. The molecule has 4 aromatic rings. The molecule has 3 unspecified atom stereocenters. The number of nitrogens with zero attached hydrogens (tertiary/aromatic N) is 5. The van der Waals surface area contributed by atoms with Gasteiger partial charge in [-0.05, 0) is 37.3 Å². The van der Waals surface area contributed by atoms with Crippen molar-refractivity contribution in [3.05, 3.63) is 65.6 Å². The minimum Gasteiger partial charge on any atom is -0.409 e. The first-order valence-electron chi connectivity index (χ1n) is 15.1. The van der Waals surface area contributed by atoms with Gasteiger partial charge in [0.05, 0.1) is 24.1 Å². The Bertz CT molecular complexity index is 1930. The van der Waals surface area contributed by atoms with Crippen LogP contribution in [0.3, 0.4) is 0 Å². The fourth-order valence-electron chi connectivity index (χ4n) is 7.49. The molecule has 0 spiro atoms. The zero-order chi connectivity index (χ0) is 32.0. The molecule has 3 saturated heterocycles. The van der Waals surface area contributed by atoms with Crippen molar-refractivity contribution < 1.29 is 41.6 Å². The van der Waals surface area contributed by atoms with E-state index >= 15 is 4.39 Å². The summed E-state index contributed by atoms with van der Waals surface area (Å²) >= 11 is 0. The number of pyridine rings is 1. The predicted molar refractivity (Wildman–Crippen MR) is 155 cm³/mol. The van der Waals surface area contributed by atoms with E-state index in [-0.39, 0.29) is 63.9 Å². The minimum absolute atomic E-state index is 0.00767. The van der Waals surface area contributed by atoms with Gasteiger partial charge in [0.25, 0.3) is 6.08 Å². The number of benzene rings is 2. The van der Waals surface area contributed by atoms with Gasteiger partial charge in [0, 0.05) is 54.2 Å². The first-order chi connectivity index (χ1) is 22.0. The highest BCUT2D eigenvalue weighted by atomic mass is 19.3. The van der Waals surface area contributed by atoms with Gasteiger partial charge in [-0.15, -0.1) is 4.39 Å². The lowest BCUT2D eigenvalue weighted by Gasteiger charge is -2.32. The molecule has 3 aliphatic heterocycles. The summed E-state index contributed by atoms with van der Waals surface area (Å²) in [4.78, 5) is 18.1. The maximum absolute atomic E-state index is 17.0. The zero-order valence-corrected chi connectivity index (χ0v) is 24.3. The van der Waals surface area contributed by atoms with Crippen molar-refractivity contribution >= 4 is 27.5 Å². The number of aromatic nitrogens is 3. The summed E-state index contributed by atoms with van der Waals surface area (Å²) in [5.41, 5.74) is -1.34. The van der Waals surface area contributed by atoms with Crippen molar-refractivity contribution in [2.45, 2.75) is 43.5 Å². The van der Waals surface area contributed by atoms with Crippen LogP contribution in [-0.4, -0.2) is 75.2 Å². The molecule has 8 rings (SSSR count). The molecule has 0 bridgehead atoms. The summed E-state index contributed by atoms with van der Waals surface area (Å²) in [5.74, 6) is -1.92. The fourth-order valence-corrected chi connectivity index (χ4v) is 7.49. The molecular formula is C32H28F5N5O4. The smallest absolute Gasteiger partial charge is 0.409 e. The van der Waals surface area contributed by atoms with E-state index < -0.39 is 35.2 Å². The van der Waals surface area contributed by atoms with Crippen LogP contribution in [0, 0.1) is 17.6 Å². The number of rotatable bonds is 5. The molecule has 3 atom stereocenters. The third-order valence-electron chi connectivity index (χ3n) is 9.66. The van der Waals surface area contributed by atoms with Gasteiger partial charge in [-0.25, -0.2) is 18.7 Å². The van der Waals surface area contributed by atoms with Crippen LogP contribution in [0.5, 0.6) is 5.75 Å². The number of ether oxygens (including phenoxy) is 2. The molecule has 0 radical (unpaired) electrons. The number of fused-ring (bicyclic) bond motifs is 4. The van der Waals surface area contributed by atoms with Gasteiger partial charge in [-0.3, -0.25) is 9.88 Å². The van der Waals surface area contributed by atoms with Crippen LogP contribution in [-0.2, 0) is 10.3 Å². The summed E-state index contributed by atoms with van der Waals surface area (Å²) in [7, 11) is 0. The zero-order valence-electron chi connectivity index (χ0n) is 24.3. The van der Waals surface area contributed by atoms with Gasteiger partial charge in [0.2, 0.25) is 0 Å². The highest BCUT2D eigenvalue weighted by Gasteiger charge is 2.52. The number of alkyl halides is 1. The van der Waals surface area contributed by atoms with E-state index in [1.54, 1.807) is 6.07 Å². The maximum Gasteiger partial charge on any atom is 0.492 e. The van der Waals surface area contributed by atoms with Gasteiger partial charge in [0.1, 0.15) is 17.0 Å². The number of halogens is 5. The summed E-state index contributed by atoms with van der Waals surface area (Å²) in [6.45, 7) is 2.14. The third kappa shape index (κ3) is 4.69. The second-order valence-corrected chi connectivity index (χ2v) is 12.4. The van der Waals surface area contributed by atoms with E-state index in [1.165, 1.54) is 24.4 Å². The van der Waals surface area contributed by atoms with Crippen molar-refractivity contribution in [2.24, 2.45) is 5.92 Å². The van der Waals surface area contributed by atoms with Gasteiger partial charge >= 0.3 is 6.23 Å². The van der Waals surface area contributed by atoms with Crippen LogP contribution in [0.4, 0.5) is 27.8 Å². The summed E-state index contributed by atoms with van der Waals surface area (Å²) in [5, 5.41) is 19.0. The van der Waals surface area contributed by atoms with Gasteiger partial charge in [-0.1, -0.05) is 24.3 Å². The highest BCUT2D eigenvalue weighted by Crippen LogP contribution is 2.50. The standard InChI is InChI=1S/C32H28F5N5O4/c33-21-6-5-16-3-1-4-19(23(16)27(21)46-32(37,43)44)25-24(34)26-20(13-38-25)29(42-9-10-45-15-17-11-22(17)42)40-30(39-26)31-7-2-8-41(31)14-18(12-31)28(35)36/h1,3-6,13,17,22,43-44H,2,7-12,14-15H2. The van der Waals surface area contributed by atoms with E-state index in [2.05, 4.69) is 14.6 Å². The number of hydrogen-bond acceptors (Lipinski definition) is 9. The molecule has 4 aliphatic rings. The summed E-state index contributed by atoms with van der Waals surface area (Å²) in [6, 6.07) is 6.92. The molecule has 14 heteroatoms. The summed E-state index contributed by atoms with van der Waals surface area (Å²) in [6.07, 6.45) is -2.40. The van der Waals surface area contributed by atoms with Crippen molar-refractivity contribution in [3.63, 3.8) is 0 Å². The van der Waals surface area contributed by atoms with Crippen LogP contribution in [0.25, 0.3) is 32.9 Å². The quantitative estimate of drug-likeness (QED) is 0.227. The fraction of sp³-hybridized carbons (Fsp3) is 0.406. The number of aliphatic hydroxyl groups is 2. The molecule has 240 valence electrons. The number of anilines is 1. The second-order valence-electron chi connectivity index (χ2n) is 12.4. The lowest BCUT2D eigenvalue weighted by molar-refractivity contribution is -0.375. The molecule has 1 saturated carbocycles. The molecule has 4 fully saturated rings. The SMILES string of the molecule is OC(O)(F)Oc1c(F)ccc2cccc(-c3ncc4c(N5CCOCC6CC65)nc(C56CCCN5CC(=C(F)F)C6)nc4c3F)c12. The van der Waals surface area contributed by atoms with E-state index in [1.807, 2.05) is 4.90 Å². The molecule has 1 aliphatic carbocycles. The van der Waals surface area contributed by atoms with Crippen molar-refractivity contribution in [2.75, 3.05) is 37.7 Å². The Balaban J connectivity index is 1.37. The Labute approximate surface area is 258 Å². The molecule has 2 aromatic carbocycles. The molecular weight excluding hydrogens is 613 g/mol. The Hall–Kier alpha value is -3.98. The van der Waals surface area contributed by atoms with Crippen LogP contribution < -0.4 is 9.64 Å². The maximum atomic E-state index is 17.0. The molecule has 2 N–H and O–H groups in total. The second kappa shape index (κ2) is 10.5. The molecule has 0 amide bonds. The van der Waals surface area contributed by atoms with E-state index in [4.69, 9.17) is 14.7 Å². The Morgan fingerprint density at radius 1 is 1.11 bits per heavy atom. The lowest BCUT2D eigenvalue weighted by atomic mass is 9.91. The highest BCUT2D eigenvalue weighted by molar-refractivity contribution is 6.02. The van der Waals surface area contributed by atoms with E-state index in [0.29, 0.717) is 43.9 Å². The normalized spacial score (nSPS) is 24.8. The van der Waals surface area contributed by atoms with E-state index in [0.717, 1.165) is 18.9 Å². The number of hydrogen-bond donors (Lipinski definition) is 2. The average Bonchev–Trinajstić information content (AvgIpc) is 3.56. The first-order valence-corrected chi connectivity index (χ1v) is 15.1. The first kappa shape index (κ1) is 29.4. The summed E-state index contributed by atoms with van der Waals surface area (Å²) < 4.78 is 83.8. The largest absolute Gasteiger partial charge is 0.492 e. The monoisotopic (exact) mass is 641 g/mol. The topological polar surface area (TPSA) is 104 Å². The average molecular weight is 642 g/mol. The molecule has 46 heavy (non-hydrogen) atoms. The van der Waals surface area contributed by atoms with Gasteiger partial charge in [0.15, 0.2) is 23.2 Å². The van der Waals surface area contributed by atoms with Crippen LogP contribution in [0.1, 0.15) is 31.5 Å².